The molecule has 1 aromatic carbocycles. The van der Waals surface area contributed by atoms with E-state index < -0.39 is 0 Å². The SMILES string of the molecule is CC1CN(c2cc(NC3CC3)nc3nc(-c4ccccc4)nn23)CCN1. The first-order chi connectivity index (χ1) is 12.8. The number of nitrogens with one attached hydrogen (secondary N) is 2. The summed E-state index contributed by atoms with van der Waals surface area (Å²) in [5.74, 6) is 3.32. The molecule has 1 saturated carbocycles. The highest BCUT2D eigenvalue weighted by atomic mass is 15.4. The second-order valence-electron chi connectivity index (χ2n) is 7.23. The van der Waals surface area contributed by atoms with Crippen molar-refractivity contribution in [3.05, 3.63) is 36.4 Å². The van der Waals surface area contributed by atoms with Crippen LogP contribution >= 0.6 is 0 Å². The van der Waals surface area contributed by atoms with Gasteiger partial charge in [-0.05, 0) is 19.8 Å². The zero-order valence-electron chi connectivity index (χ0n) is 14.9. The van der Waals surface area contributed by atoms with Crippen LogP contribution in [-0.2, 0) is 0 Å². The highest BCUT2D eigenvalue weighted by molar-refractivity contribution is 5.62. The van der Waals surface area contributed by atoms with Gasteiger partial charge in [-0.2, -0.15) is 14.5 Å². The molecule has 0 amide bonds. The van der Waals surface area contributed by atoms with Crippen LogP contribution in [0.2, 0.25) is 0 Å². The smallest absolute Gasteiger partial charge is 0.256 e. The van der Waals surface area contributed by atoms with E-state index in [0.717, 1.165) is 36.8 Å². The molecule has 5 rings (SSSR count). The van der Waals surface area contributed by atoms with Crippen LogP contribution in [0.5, 0.6) is 0 Å². The van der Waals surface area contributed by atoms with E-state index in [1.54, 1.807) is 0 Å². The van der Waals surface area contributed by atoms with Crippen molar-refractivity contribution in [2.45, 2.75) is 31.8 Å². The van der Waals surface area contributed by atoms with Crippen LogP contribution in [0.3, 0.4) is 0 Å². The van der Waals surface area contributed by atoms with Gasteiger partial charge in [0.15, 0.2) is 5.82 Å². The molecule has 1 aliphatic heterocycles. The lowest BCUT2D eigenvalue weighted by Gasteiger charge is -2.33. The summed E-state index contributed by atoms with van der Waals surface area (Å²) in [7, 11) is 0. The van der Waals surface area contributed by atoms with Gasteiger partial charge in [-0.15, -0.1) is 5.10 Å². The fraction of sp³-hybridized carbons (Fsp3) is 0.421. The van der Waals surface area contributed by atoms with E-state index in [0.29, 0.717) is 23.7 Å². The second kappa shape index (κ2) is 6.25. The maximum Gasteiger partial charge on any atom is 0.256 e. The molecule has 3 aromatic rings. The fourth-order valence-corrected chi connectivity index (χ4v) is 3.44. The molecule has 0 spiro atoms. The Balaban J connectivity index is 1.61. The predicted octanol–water partition coefficient (Wildman–Crippen LogP) is 2.16. The summed E-state index contributed by atoms with van der Waals surface area (Å²) in [4.78, 5) is 11.8. The summed E-state index contributed by atoms with van der Waals surface area (Å²) in [5.41, 5.74) is 1.01. The number of hydrogen-bond acceptors (Lipinski definition) is 6. The highest BCUT2D eigenvalue weighted by Gasteiger charge is 2.25. The number of rotatable bonds is 4. The molecule has 7 nitrogen and oxygen atoms in total. The predicted molar refractivity (Wildman–Crippen MR) is 103 cm³/mol. The van der Waals surface area contributed by atoms with Gasteiger partial charge in [0, 0.05) is 43.3 Å². The Kier molecular flexibility index (Phi) is 3.74. The van der Waals surface area contributed by atoms with Crippen LogP contribution in [0.15, 0.2) is 36.4 Å². The van der Waals surface area contributed by atoms with Gasteiger partial charge in [-0.1, -0.05) is 30.3 Å². The Morgan fingerprint density at radius 2 is 2.00 bits per heavy atom. The maximum atomic E-state index is 4.77. The fourth-order valence-electron chi connectivity index (χ4n) is 3.44. The minimum absolute atomic E-state index is 0.448. The van der Waals surface area contributed by atoms with E-state index in [4.69, 9.17) is 15.1 Å². The molecule has 1 saturated heterocycles. The zero-order valence-corrected chi connectivity index (χ0v) is 14.9. The first-order valence-corrected chi connectivity index (χ1v) is 9.34. The number of nitrogens with zero attached hydrogens (tertiary/aromatic N) is 5. The summed E-state index contributed by atoms with van der Waals surface area (Å²) in [6, 6.07) is 13.2. The average molecular weight is 349 g/mol. The molecule has 1 atom stereocenters. The summed E-state index contributed by atoms with van der Waals surface area (Å²) in [6.07, 6.45) is 2.43. The molecule has 1 unspecified atom stereocenters. The van der Waals surface area contributed by atoms with Crippen LogP contribution in [0.1, 0.15) is 19.8 Å². The average Bonchev–Trinajstić information content (AvgIpc) is 3.37. The molecule has 2 N–H and O–H groups in total. The molecule has 0 bridgehead atoms. The van der Waals surface area contributed by atoms with Crippen LogP contribution in [0.25, 0.3) is 17.2 Å². The van der Waals surface area contributed by atoms with Crippen molar-refractivity contribution in [3.8, 4) is 11.4 Å². The van der Waals surface area contributed by atoms with Gasteiger partial charge < -0.3 is 15.5 Å². The standard InChI is InChI=1S/C19H23N7/c1-13-12-25(10-9-20-13)17-11-16(21-15-7-8-15)22-19-23-18(24-26(17)19)14-5-3-2-4-6-14/h2-6,11,13,15,20H,7-10,12H2,1H3,(H,21,22,23,24). The Labute approximate surface area is 152 Å². The monoisotopic (exact) mass is 349 g/mol. The van der Waals surface area contributed by atoms with Crippen molar-refractivity contribution < 1.29 is 0 Å². The van der Waals surface area contributed by atoms with Crippen molar-refractivity contribution in [1.82, 2.24) is 24.9 Å². The van der Waals surface area contributed by atoms with Crippen molar-refractivity contribution >= 4 is 17.4 Å². The van der Waals surface area contributed by atoms with Crippen molar-refractivity contribution in [2.24, 2.45) is 0 Å². The van der Waals surface area contributed by atoms with E-state index in [1.807, 2.05) is 34.8 Å². The summed E-state index contributed by atoms with van der Waals surface area (Å²) in [6.45, 7) is 5.08. The third kappa shape index (κ3) is 2.99. The third-order valence-corrected chi connectivity index (χ3v) is 4.95. The first-order valence-electron chi connectivity index (χ1n) is 9.34. The van der Waals surface area contributed by atoms with Gasteiger partial charge in [0.05, 0.1) is 0 Å². The van der Waals surface area contributed by atoms with Gasteiger partial charge in [-0.3, -0.25) is 0 Å². The molecule has 1 aliphatic carbocycles. The second-order valence-corrected chi connectivity index (χ2v) is 7.23. The lowest BCUT2D eigenvalue weighted by molar-refractivity contribution is 0.480. The number of benzene rings is 1. The van der Waals surface area contributed by atoms with Crippen LogP contribution in [-0.4, -0.2) is 51.3 Å². The van der Waals surface area contributed by atoms with Crippen molar-refractivity contribution in [3.63, 3.8) is 0 Å². The lowest BCUT2D eigenvalue weighted by Crippen LogP contribution is -2.49. The third-order valence-electron chi connectivity index (χ3n) is 4.95. The number of hydrogen-bond donors (Lipinski definition) is 2. The zero-order chi connectivity index (χ0) is 17.5. The quantitative estimate of drug-likeness (QED) is 0.752. The number of anilines is 2. The number of fused-ring (bicyclic) bond motifs is 1. The summed E-state index contributed by atoms with van der Waals surface area (Å²) < 4.78 is 1.89. The Bertz CT molecular complexity index is 916. The number of aromatic nitrogens is 4. The Hall–Kier alpha value is -2.67. The molecule has 2 aliphatic rings. The molecule has 2 aromatic heterocycles. The molecular formula is C19H23N7. The Morgan fingerprint density at radius 3 is 2.77 bits per heavy atom. The van der Waals surface area contributed by atoms with Crippen molar-refractivity contribution in [1.29, 1.82) is 0 Å². The maximum absolute atomic E-state index is 4.77. The normalized spacial score (nSPS) is 20.5. The van der Waals surface area contributed by atoms with Crippen molar-refractivity contribution in [2.75, 3.05) is 29.9 Å². The van der Waals surface area contributed by atoms with Gasteiger partial charge in [0.25, 0.3) is 5.78 Å². The molecule has 0 radical (unpaired) electrons. The Morgan fingerprint density at radius 1 is 1.15 bits per heavy atom. The highest BCUT2D eigenvalue weighted by Crippen LogP contribution is 2.28. The number of piperazine rings is 1. The van der Waals surface area contributed by atoms with Gasteiger partial charge >= 0.3 is 0 Å². The molecule has 26 heavy (non-hydrogen) atoms. The molecule has 134 valence electrons. The van der Waals surface area contributed by atoms with Crippen LogP contribution < -0.4 is 15.5 Å². The minimum Gasteiger partial charge on any atom is -0.367 e. The molecule has 7 heteroatoms. The van der Waals surface area contributed by atoms with E-state index in [-0.39, 0.29) is 0 Å². The van der Waals surface area contributed by atoms with E-state index in [2.05, 4.69) is 28.5 Å². The van der Waals surface area contributed by atoms with E-state index in [1.165, 1.54) is 12.8 Å². The van der Waals surface area contributed by atoms with E-state index in [9.17, 15) is 0 Å². The van der Waals surface area contributed by atoms with Gasteiger partial charge in [-0.25, -0.2) is 0 Å². The van der Waals surface area contributed by atoms with E-state index >= 15 is 0 Å². The van der Waals surface area contributed by atoms with Crippen LogP contribution in [0.4, 0.5) is 11.6 Å². The minimum atomic E-state index is 0.448. The van der Waals surface area contributed by atoms with Crippen LogP contribution in [0, 0.1) is 0 Å². The largest absolute Gasteiger partial charge is 0.367 e. The molecule has 3 heterocycles. The lowest BCUT2D eigenvalue weighted by atomic mass is 10.2. The summed E-state index contributed by atoms with van der Waals surface area (Å²) >= 11 is 0. The summed E-state index contributed by atoms with van der Waals surface area (Å²) in [5, 5.41) is 11.8. The van der Waals surface area contributed by atoms with Gasteiger partial charge in [0.1, 0.15) is 11.6 Å². The topological polar surface area (TPSA) is 70.4 Å². The molecule has 2 fully saturated rings. The molecular weight excluding hydrogens is 326 g/mol. The first kappa shape index (κ1) is 15.6. The van der Waals surface area contributed by atoms with Gasteiger partial charge in [0.2, 0.25) is 0 Å².